The standard InChI is InChI=1S/C17H30N2O/c1-3-5-6-7-8-9-11-18-12-10-13-19-15-16(4-2)14-17(19)20/h2,16,18H,3,5-15H2,1H3. The number of nitrogens with zero attached hydrogens (tertiary/aromatic N) is 1. The zero-order chi connectivity index (χ0) is 14.6. The van der Waals surface area contributed by atoms with Crippen LogP contribution >= 0.6 is 0 Å². The Labute approximate surface area is 124 Å². The highest BCUT2D eigenvalue weighted by Crippen LogP contribution is 2.16. The van der Waals surface area contributed by atoms with Gasteiger partial charge in [0.15, 0.2) is 0 Å². The zero-order valence-electron chi connectivity index (χ0n) is 13.0. The molecule has 1 atom stereocenters. The molecule has 1 N–H and O–H groups in total. The highest BCUT2D eigenvalue weighted by molar-refractivity contribution is 5.79. The first-order valence-electron chi connectivity index (χ1n) is 8.22. The molecule has 0 aromatic heterocycles. The van der Waals surface area contributed by atoms with Crippen LogP contribution in [0.4, 0.5) is 0 Å². The lowest BCUT2D eigenvalue weighted by molar-refractivity contribution is -0.127. The van der Waals surface area contributed by atoms with E-state index in [0.29, 0.717) is 6.42 Å². The van der Waals surface area contributed by atoms with Gasteiger partial charge in [0.1, 0.15) is 0 Å². The Kier molecular flexibility index (Phi) is 9.15. The van der Waals surface area contributed by atoms with Gasteiger partial charge >= 0.3 is 0 Å². The van der Waals surface area contributed by atoms with Crippen molar-refractivity contribution < 1.29 is 4.79 Å². The third kappa shape index (κ3) is 6.96. The van der Waals surface area contributed by atoms with E-state index in [9.17, 15) is 4.79 Å². The molecule has 1 aliphatic rings. The van der Waals surface area contributed by atoms with E-state index in [1.807, 2.05) is 4.90 Å². The van der Waals surface area contributed by atoms with Gasteiger partial charge in [-0.3, -0.25) is 4.79 Å². The maximum Gasteiger partial charge on any atom is 0.223 e. The van der Waals surface area contributed by atoms with Crippen molar-refractivity contribution in [1.82, 2.24) is 10.2 Å². The number of unbranched alkanes of at least 4 members (excludes halogenated alkanes) is 5. The SMILES string of the molecule is C#CC1CC(=O)N(CCCNCCCCCCCC)C1. The molecule has 114 valence electrons. The summed E-state index contributed by atoms with van der Waals surface area (Å²) < 4.78 is 0. The van der Waals surface area contributed by atoms with E-state index in [1.54, 1.807) is 0 Å². The molecule has 1 fully saturated rings. The predicted octanol–water partition coefficient (Wildman–Crippen LogP) is 2.81. The molecule has 0 saturated carbocycles. The Balaban J connectivity index is 1.88. The largest absolute Gasteiger partial charge is 0.341 e. The van der Waals surface area contributed by atoms with Crippen LogP contribution in [0.2, 0.25) is 0 Å². The molecule has 0 spiro atoms. The average Bonchev–Trinajstić information content (AvgIpc) is 2.81. The summed E-state index contributed by atoms with van der Waals surface area (Å²) in [6, 6.07) is 0. The van der Waals surface area contributed by atoms with E-state index in [0.717, 1.165) is 32.6 Å². The molecular formula is C17H30N2O. The molecule has 1 saturated heterocycles. The number of nitrogens with one attached hydrogen (secondary N) is 1. The maximum absolute atomic E-state index is 11.6. The van der Waals surface area contributed by atoms with Crippen molar-refractivity contribution in [3.8, 4) is 12.3 Å². The summed E-state index contributed by atoms with van der Waals surface area (Å²) in [5.74, 6) is 3.05. The highest BCUT2D eigenvalue weighted by Gasteiger charge is 2.27. The maximum atomic E-state index is 11.6. The predicted molar refractivity (Wildman–Crippen MR) is 84.4 cm³/mol. The summed E-state index contributed by atoms with van der Waals surface area (Å²) >= 11 is 0. The molecule has 1 rings (SSSR count). The number of hydrogen-bond acceptors (Lipinski definition) is 2. The fourth-order valence-electron chi connectivity index (χ4n) is 2.65. The van der Waals surface area contributed by atoms with Gasteiger partial charge in [0.2, 0.25) is 5.91 Å². The monoisotopic (exact) mass is 278 g/mol. The van der Waals surface area contributed by atoms with E-state index >= 15 is 0 Å². The lowest BCUT2D eigenvalue weighted by atomic mass is 10.1. The molecule has 20 heavy (non-hydrogen) atoms. The number of carbonyl (C=O) groups excluding carboxylic acids is 1. The van der Waals surface area contributed by atoms with Crippen molar-refractivity contribution in [1.29, 1.82) is 0 Å². The number of rotatable bonds is 11. The molecule has 3 nitrogen and oxygen atoms in total. The minimum Gasteiger partial charge on any atom is -0.341 e. The van der Waals surface area contributed by atoms with Crippen LogP contribution in [-0.4, -0.2) is 37.0 Å². The van der Waals surface area contributed by atoms with E-state index in [1.165, 1.54) is 38.5 Å². The number of carbonyl (C=O) groups is 1. The van der Waals surface area contributed by atoms with Crippen LogP contribution in [0.3, 0.4) is 0 Å². The summed E-state index contributed by atoms with van der Waals surface area (Å²) in [5, 5.41) is 3.46. The Morgan fingerprint density at radius 2 is 1.90 bits per heavy atom. The summed E-state index contributed by atoms with van der Waals surface area (Å²) in [5.41, 5.74) is 0. The second-order valence-electron chi connectivity index (χ2n) is 5.78. The number of hydrogen-bond donors (Lipinski definition) is 1. The lowest BCUT2D eigenvalue weighted by Crippen LogP contribution is -2.29. The van der Waals surface area contributed by atoms with E-state index in [2.05, 4.69) is 18.2 Å². The fourth-order valence-corrected chi connectivity index (χ4v) is 2.65. The Morgan fingerprint density at radius 1 is 1.20 bits per heavy atom. The van der Waals surface area contributed by atoms with Gasteiger partial charge in [-0.15, -0.1) is 12.3 Å². The van der Waals surface area contributed by atoms with Gasteiger partial charge in [-0.25, -0.2) is 0 Å². The highest BCUT2D eigenvalue weighted by atomic mass is 16.2. The average molecular weight is 278 g/mol. The van der Waals surface area contributed by atoms with Crippen molar-refractivity contribution in [2.75, 3.05) is 26.2 Å². The molecular weight excluding hydrogens is 248 g/mol. The minimum atomic E-state index is 0.138. The first-order chi connectivity index (χ1) is 9.77. The topological polar surface area (TPSA) is 32.3 Å². The van der Waals surface area contributed by atoms with Crippen LogP contribution in [0.25, 0.3) is 0 Å². The summed E-state index contributed by atoms with van der Waals surface area (Å²) in [7, 11) is 0. The van der Waals surface area contributed by atoms with Crippen LogP contribution < -0.4 is 5.32 Å². The van der Waals surface area contributed by atoms with Gasteiger partial charge in [0, 0.05) is 25.4 Å². The van der Waals surface area contributed by atoms with Crippen LogP contribution in [0.5, 0.6) is 0 Å². The minimum absolute atomic E-state index is 0.138. The third-order valence-corrected chi connectivity index (χ3v) is 3.94. The van der Waals surface area contributed by atoms with Crippen LogP contribution in [0.15, 0.2) is 0 Å². The van der Waals surface area contributed by atoms with Crippen molar-refractivity contribution in [3.63, 3.8) is 0 Å². The van der Waals surface area contributed by atoms with Gasteiger partial charge in [-0.05, 0) is 25.9 Å². The molecule has 0 radical (unpaired) electrons. The summed E-state index contributed by atoms with van der Waals surface area (Å²) in [6.07, 6.45) is 15.0. The van der Waals surface area contributed by atoms with E-state index < -0.39 is 0 Å². The van der Waals surface area contributed by atoms with Crippen LogP contribution in [0, 0.1) is 18.3 Å². The molecule has 1 unspecified atom stereocenters. The quantitative estimate of drug-likeness (QED) is 0.465. The molecule has 0 aromatic rings. The van der Waals surface area contributed by atoms with Crippen molar-refractivity contribution in [3.05, 3.63) is 0 Å². The number of likely N-dealkylation sites (tertiary alicyclic amines) is 1. The summed E-state index contributed by atoms with van der Waals surface area (Å²) in [6.45, 7) is 5.96. The van der Waals surface area contributed by atoms with Gasteiger partial charge in [0.05, 0.1) is 0 Å². The molecule has 1 amide bonds. The Morgan fingerprint density at radius 3 is 2.60 bits per heavy atom. The molecule has 0 aliphatic carbocycles. The van der Waals surface area contributed by atoms with Crippen LogP contribution in [-0.2, 0) is 4.79 Å². The first kappa shape index (κ1) is 17.0. The molecule has 3 heteroatoms. The Bertz CT molecular complexity index is 309. The van der Waals surface area contributed by atoms with Gasteiger partial charge in [-0.1, -0.05) is 39.0 Å². The fraction of sp³-hybridized carbons (Fsp3) is 0.824. The van der Waals surface area contributed by atoms with Crippen molar-refractivity contribution >= 4 is 5.91 Å². The lowest BCUT2D eigenvalue weighted by Gasteiger charge is -2.15. The summed E-state index contributed by atoms with van der Waals surface area (Å²) in [4.78, 5) is 13.6. The normalized spacial score (nSPS) is 18.5. The molecule has 0 aromatic carbocycles. The van der Waals surface area contributed by atoms with Crippen molar-refractivity contribution in [2.24, 2.45) is 5.92 Å². The molecule has 1 heterocycles. The van der Waals surface area contributed by atoms with Crippen LogP contribution in [0.1, 0.15) is 58.3 Å². The van der Waals surface area contributed by atoms with Gasteiger partial charge < -0.3 is 10.2 Å². The number of amides is 1. The third-order valence-electron chi connectivity index (χ3n) is 3.94. The second kappa shape index (κ2) is 10.7. The molecule has 1 aliphatic heterocycles. The Hall–Kier alpha value is -1.01. The van der Waals surface area contributed by atoms with E-state index in [-0.39, 0.29) is 11.8 Å². The van der Waals surface area contributed by atoms with Gasteiger partial charge in [-0.2, -0.15) is 0 Å². The van der Waals surface area contributed by atoms with E-state index in [4.69, 9.17) is 6.42 Å². The zero-order valence-corrected chi connectivity index (χ0v) is 13.0. The van der Waals surface area contributed by atoms with Gasteiger partial charge in [0.25, 0.3) is 0 Å². The molecule has 0 bridgehead atoms. The number of terminal acetylenes is 1. The second-order valence-corrected chi connectivity index (χ2v) is 5.78. The smallest absolute Gasteiger partial charge is 0.223 e. The first-order valence-corrected chi connectivity index (χ1v) is 8.22. The van der Waals surface area contributed by atoms with Crippen molar-refractivity contribution in [2.45, 2.75) is 58.3 Å².